The van der Waals surface area contributed by atoms with E-state index in [-0.39, 0.29) is 11.4 Å². The number of hydrogen-bond donors (Lipinski definition) is 1. The number of nitrogens with zero attached hydrogens (tertiary/aromatic N) is 1. The smallest absolute Gasteiger partial charge is 0.344 e. The molecule has 0 aliphatic rings. The summed E-state index contributed by atoms with van der Waals surface area (Å²) >= 11 is 0. The highest BCUT2D eigenvalue weighted by Gasteiger charge is 2.10. The van der Waals surface area contributed by atoms with Crippen LogP contribution in [-0.2, 0) is 14.3 Å². The lowest BCUT2D eigenvalue weighted by Crippen LogP contribution is -2.23. The molecular weight excluding hydrogens is 388 g/mol. The molecule has 0 aromatic heterocycles. The van der Waals surface area contributed by atoms with Crippen molar-refractivity contribution < 1.29 is 24.0 Å². The molecule has 152 valence electrons. The van der Waals surface area contributed by atoms with Crippen LogP contribution in [0, 0.1) is 10.1 Å². The summed E-state index contributed by atoms with van der Waals surface area (Å²) in [5, 5.41) is 13.2. The van der Waals surface area contributed by atoms with Crippen LogP contribution in [0.4, 0.5) is 11.4 Å². The minimum Gasteiger partial charge on any atom is -0.482 e. The largest absolute Gasteiger partial charge is 0.482 e. The molecule has 0 saturated heterocycles. The van der Waals surface area contributed by atoms with E-state index in [2.05, 4.69) is 5.32 Å². The zero-order valence-electron chi connectivity index (χ0n) is 15.8. The second-order valence-corrected chi connectivity index (χ2v) is 6.19. The van der Waals surface area contributed by atoms with Crippen molar-refractivity contribution in [3.8, 4) is 16.9 Å². The molecule has 1 amide bonds. The zero-order valence-corrected chi connectivity index (χ0v) is 15.8. The first-order valence-corrected chi connectivity index (χ1v) is 8.99. The summed E-state index contributed by atoms with van der Waals surface area (Å²) in [4.78, 5) is 33.7. The molecule has 3 aromatic carbocycles. The van der Waals surface area contributed by atoms with E-state index in [0.29, 0.717) is 5.69 Å². The molecule has 8 heteroatoms. The molecule has 3 aromatic rings. The van der Waals surface area contributed by atoms with Crippen LogP contribution in [0.2, 0.25) is 0 Å². The number of carbonyl (C=O) groups is 2. The second kappa shape index (κ2) is 9.83. The van der Waals surface area contributed by atoms with E-state index in [9.17, 15) is 19.7 Å². The highest BCUT2D eigenvalue weighted by Crippen LogP contribution is 2.21. The number of amides is 1. The van der Waals surface area contributed by atoms with Crippen molar-refractivity contribution in [3.63, 3.8) is 0 Å². The molecular formula is C22H18N2O6. The molecule has 0 aliphatic heterocycles. The van der Waals surface area contributed by atoms with Crippen molar-refractivity contribution in [2.24, 2.45) is 0 Å². The first kappa shape index (κ1) is 20.5. The normalized spacial score (nSPS) is 10.1. The highest BCUT2D eigenvalue weighted by molar-refractivity contribution is 5.93. The van der Waals surface area contributed by atoms with Gasteiger partial charge in [0.1, 0.15) is 5.75 Å². The van der Waals surface area contributed by atoms with Gasteiger partial charge in [0, 0.05) is 17.8 Å². The molecule has 0 heterocycles. The summed E-state index contributed by atoms with van der Waals surface area (Å²) in [6, 6.07) is 22.4. The lowest BCUT2D eigenvalue weighted by atomic mass is 10.1. The molecule has 0 bridgehead atoms. The van der Waals surface area contributed by atoms with Crippen LogP contribution in [0.25, 0.3) is 11.1 Å². The molecule has 0 aliphatic carbocycles. The van der Waals surface area contributed by atoms with E-state index in [1.165, 1.54) is 24.3 Å². The Hall–Kier alpha value is -4.20. The first-order valence-electron chi connectivity index (χ1n) is 8.99. The number of ether oxygens (including phenoxy) is 2. The van der Waals surface area contributed by atoms with Crippen LogP contribution in [0.15, 0.2) is 78.9 Å². The Balaban J connectivity index is 1.41. The Morgan fingerprint density at radius 1 is 0.833 bits per heavy atom. The number of nitro groups is 1. The van der Waals surface area contributed by atoms with Gasteiger partial charge in [-0.05, 0) is 35.4 Å². The lowest BCUT2D eigenvalue weighted by molar-refractivity contribution is -0.384. The van der Waals surface area contributed by atoms with Crippen LogP contribution in [0.1, 0.15) is 0 Å². The second-order valence-electron chi connectivity index (χ2n) is 6.19. The van der Waals surface area contributed by atoms with E-state index in [4.69, 9.17) is 9.47 Å². The van der Waals surface area contributed by atoms with Gasteiger partial charge in [-0.1, -0.05) is 42.5 Å². The van der Waals surface area contributed by atoms with Crippen LogP contribution in [0.3, 0.4) is 0 Å². The maximum absolute atomic E-state index is 12.0. The molecule has 0 atom stereocenters. The Morgan fingerprint density at radius 2 is 1.47 bits per heavy atom. The minimum absolute atomic E-state index is 0.0848. The van der Waals surface area contributed by atoms with Gasteiger partial charge in [-0.2, -0.15) is 0 Å². The van der Waals surface area contributed by atoms with Gasteiger partial charge in [-0.3, -0.25) is 14.9 Å². The Labute approximate surface area is 172 Å². The Bertz CT molecular complexity index is 1020. The molecule has 8 nitrogen and oxygen atoms in total. The fraction of sp³-hybridized carbons (Fsp3) is 0.0909. The van der Waals surface area contributed by atoms with E-state index in [1.54, 1.807) is 12.1 Å². The number of rotatable bonds is 8. The highest BCUT2D eigenvalue weighted by atomic mass is 16.6. The standard InChI is InChI=1S/C22H18N2O6/c25-21(23-18-8-6-17(7-9-18)16-4-2-1-3-5-16)14-30-22(26)15-29-20-12-10-19(11-13-20)24(27)28/h1-13H,14-15H2,(H,23,25). The van der Waals surface area contributed by atoms with Gasteiger partial charge >= 0.3 is 5.97 Å². The monoisotopic (exact) mass is 406 g/mol. The van der Waals surface area contributed by atoms with Crippen molar-refractivity contribution >= 4 is 23.3 Å². The number of esters is 1. The zero-order chi connectivity index (χ0) is 21.3. The maximum Gasteiger partial charge on any atom is 0.344 e. The van der Waals surface area contributed by atoms with Crippen LogP contribution < -0.4 is 10.1 Å². The van der Waals surface area contributed by atoms with Crippen molar-refractivity contribution in [3.05, 3.63) is 89.0 Å². The number of nitrogens with one attached hydrogen (secondary N) is 1. The van der Waals surface area contributed by atoms with Crippen molar-refractivity contribution in [1.82, 2.24) is 0 Å². The molecule has 0 spiro atoms. The third-order valence-electron chi connectivity index (χ3n) is 4.04. The first-order chi connectivity index (χ1) is 14.5. The van der Waals surface area contributed by atoms with Crippen molar-refractivity contribution in [1.29, 1.82) is 0 Å². The predicted octanol–water partition coefficient (Wildman–Crippen LogP) is 3.82. The van der Waals surface area contributed by atoms with Crippen LogP contribution in [-0.4, -0.2) is 30.0 Å². The van der Waals surface area contributed by atoms with Crippen LogP contribution in [0.5, 0.6) is 5.75 Å². The third-order valence-corrected chi connectivity index (χ3v) is 4.04. The summed E-state index contributed by atoms with van der Waals surface area (Å²) in [6.07, 6.45) is 0. The van der Waals surface area contributed by atoms with Crippen molar-refractivity contribution in [2.75, 3.05) is 18.5 Å². The SMILES string of the molecule is O=C(COC(=O)COc1ccc([N+](=O)[O-])cc1)Nc1ccc(-c2ccccc2)cc1. The summed E-state index contributed by atoms with van der Waals surface area (Å²) in [5.74, 6) is -0.936. The van der Waals surface area contributed by atoms with Gasteiger partial charge < -0.3 is 14.8 Å². The number of anilines is 1. The lowest BCUT2D eigenvalue weighted by Gasteiger charge is -2.08. The molecule has 3 rings (SSSR count). The number of hydrogen-bond acceptors (Lipinski definition) is 6. The van der Waals surface area contributed by atoms with E-state index < -0.39 is 30.0 Å². The van der Waals surface area contributed by atoms with Crippen LogP contribution >= 0.6 is 0 Å². The number of nitro benzene ring substituents is 1. The van der Waals surface area contributed by atoms with Gasteiger partial charge in [0.15, 0.2) is 13.2 Å². The summed E-state index contributed by atoms with van der Waals surface area (Å²) in [5.41, 5.74) is 2.58. The molecule has 1 N–H and O–H groups in total. The summed E-state index contributed by atoms with van der Waals surface area (Å²) in [7, 11) is 0. The average molecular weight is 406 g/mol. The van der Waals surface area contributed by atoms with E-state index >= 15 is 0 Å². The molecule has 0 saturated carbocycles. The van der Waals surface area contributed by atoms with Gasteiger partial charge in [0.2, 0.25) is 0 Å². The maximum atomic E-state index is 12.0. The van der Waals surface area contributed by atoms with Gasteiger partial charge in [-0.15, -0.1) is 0 Å². The quantitative estimate of drug-likeness (QED) is 0.346. The molecule has 0 unspecified atom stereocenters. The average Bonchev–Trinajstić information content (AvgIpc) is 2.77. The summed E-state index contributed by atoms with van der Waals surface area (Å²) < 4.78 is 10.0. The number of carbonyl (C=O) groups excluding carboxylic acids is 2. The number of benzene rings is 3. The fourth-order valence-electron chi connectivity index (χ4n) is 2.57. The fourth-order valence-corrected chi connectivity index (χ4v) is 2.57. The number of non-ortho nitro benzene ring substituents is 1. The molecule has 0 fully saturated rings. The van der Waals surface area contributed by atoms with E-state index in [1.807, 2.05) is 42.5 Å². The Morgan fingerprint density at radius 3 is 2.10 bits per heavy atom. The predicted molar refractivity (Wildman–Crippen MR) is 110 cm³/mol. The minimum atomic E-state index is -0.733. The third kappa shape index (κ3) is 5.90. The van der Waals surface area contributed by atoms with Crippen molar-refractivity contribution in [2.45, 2.75) is 0 Å². The van der Waals surface area contributed by atoms with Gasteiger partial charge in [0.25, 0.3) is 11.6 Å². The molecule has 30 heavy (non-hydrogen) atoms. The van der Waals surface area contributed by atoms with Gasteiger partial charge in [-0.25, -0.2) is 4.79 Å². The Kier molecular flexibility index (Phi) is 6.73. The summed E-state index contributed by atoms with van der Waals surface area (Å²) in [6.45, 7) is -0.875. The molecule has 0 radical (unpaired) electrons. The van der Waals surface area contributed by atoms with Gasteiger partial charge in [0.05, 0.1) is 4.92 Å². The topological polar surface area (TPSA) is 108 Å². The van der Waals surface area contributed by atoms with E-state index in [0.717, 1.165) is 11.1 Å².